The summed E-state index contributed by atoms with van der Waals surface area (Å²) >= 11 is 0. The Morgan fingerprint density at radius 2 is 2.42 bits per heavy atom. The van der Waals surface area contributed by atoms with Crippen LogP contribution in [0.1, 0.15) is 12.8 Å². The van der Waals surface area contributed by atoms with Crippen LogP contribution < -0.4 is 5.32 Å². The van der Waals surface area contributed by atoms with E-state index in [9.17, 15) is 4.79 Å². The third kappa shape index (κ3) is 1.33. The number of hydrogen-bond donors (Lipinski definition) is 1. The van der Waals surface area contributed by atoms with Gasteiger partial charge in [0.15, 0.2) is 0 Å². The van der Waals surface area contributed by atoms with E-state index in [1.807, 2.05) is 12.2 Å². The monoisotopic (exact) mass is 161 g/mol. The fraction of sp³-hybridized carbons (Fsp3) is 0.300. The van der Waals surface area contributed by atoms with Gasteiger partial charge in [0.2, 0.25) is 5.91 Å². The molecule has 0 saturated carbocycles. The molecule has 0 aromatic carbocycles. The zero-order valence-electron chi connectivity index (χ0n) is 6.79. The van der Waals surface area contributed by atoms with Crippen LogP contribution in [0.2, 0.25) is 0 Å². The Morgan fingerprint density at radius 1 is 1.50 bits per heavy atom. The number of allylic oxidation sites excluding steroid dienone is 4. The number of rotatable bonds is 0. The maximum atomic E-state index is 11.1. The lowest BCUT2D eigenvalue weighted by Crippen LogP contribution is -2.15. The summed E-state index contributed by atoms with van der Waals surface area (Å²) in [4.78, 5) is 11.1. The third-order valence-corrected chi connectivity index (χ3v) is 2.25. The second kappa shape index (κ2) is 2.97. The molecule has 0 aromatic rings. The van der Waals surface area contributed by atoms with E-state index < -0.39 is 0 Å². The number of amides is 1. The Balaban J connectivity index is 2.26. The smallest absolute Gasteiger partial charge is 0.228 e. The fourth-order valence-corrected chi connectivity index (χ4v) is 1.58. The molecule has 0 aromatic heterocycles. The fourth-order valence-electron chi connectivity index (χ4n) is 1.58. The molecular weight excluding hydrogens is 150 g/mol. The predicted octanol–water partition coefficient (Wildman–Crippen LogP) is 1.52. The zero-order chi connectivity index (χ0) is 8.39. The second-order valence-electron chi connectivity index (χ2n) is 3.12. The van der Waals surface area contributed by atoms with Crippen molar-refractivity contribution in [1.29, 1.82) is 0 Å². The number of hydrogen-bond acceptors (Lipinski definition) is 1. The summed E-state index contributed by atoms with van der Waals surface area (Å²) in [6.07, 6.45) is 11.6. The summed E-state index contributed by atoms with van der Waals surface area (Å²) in [5.74, 6) is 0.532. The van der Waals surface area contributed by atoms with Gasteiger partial charge in [0.25, 0.3) is 0 Å². The first kappa shape index (κ1) is 7.35. The number of nitrogens with one attached hydrogen (secondary N) is 1. The van der Waals surface area contributed by atoms with E-state index in [4.69, 9.17) is 0 Å². The topological polar surface area (TPSA) is 29.1 Å². The lowest BCUT2D eigenvalue weighted by Gasteiger charge is -2.14. The molecule has 12 heavy (non-hydrogen) atoms. The van der Waals surface area contributed by atoms with Gasteiger partial charge in [-0.05, 0) is 6.42 Å². The first-order chi connectivity index (χ1) is 5.86. The van der Waals surface area contributed by atoms with Gasteiger partial charge in [-0.1, -0.05) is 29.9 Å². The van der Waals surface area contributed by atoms with Gasteiger partial charge in [-0.25, -0.2) is 0 Å². The molecule has 2 nitrogen and oxygen atoms in total. The Hall–Kier alpha value is -1.31. The molecule has 0 spiro atoms. The maximum Gasteiger partial charge on any atom is 0.228 e. The van der Waals surface area contributed by atoms with Crippen molar-refractivity contribution in [3.05, 3.63) is 36.1 Å². The van der Waals surface area contributed by atoms with Crippen LogP contribution in [0.4, 0.5) is 0 Å². The molecule has 1 aliphatic heterocycles. The van der Waals surface area contributed by atoms with Gasteiger partial charge in [0.05, 0.1) is 0 Å². The van der Waals surface area contributed by atoms with Gasteiger partial charge in [-0.15, -0.1) is 0 Å². The van der Waals surface area contributed by atoms with E-state index in [0.717, 1.165) is 6.42 Å². The zero-order valence-corrected chi connectivity index (χ0v) is 6.79. The van der Waals surface area contributed by atoms with Crippen LogP contribution in [0.15, 0.2) is 36.1 Å². The van der Waals surface area contributed by atoms with Crippen molar-refractivity contribution >= 4 is 5.91 Å². The van der Waals surface area contributed by atoms with E-state index in [2.05, 4.69) is 17.5 Å². The normalized spacial score (nSPS) is 27.2. The molecule has 1 atom stereocenters. The van der Waals surface area contributed by atoms with E-state index in [1.165, 1.54) is 5.57 Å². The highest BCUT2D eigenvalue weighted by atomic mass is 16.1. The molecule has 0 bridgehead atoms. The maximum absolute atomic E-state index is 11.1. The van der Waals surface area contributed by atoms with Crippen LogP contribution in [0.25, 0.3) is 0 Å². The summed E-state index contributed by atoms with van der Waals surface area (Å²) in [6.45, 7) is 0. The van der Waals surface area contributed by atoms with Crippen molar-refractivity contribution in [1.82, 2.24) is 5.32 Å². The average molecular weight is 161 g/mol. The molecule has 1 aliphatic carbocycles. The van der Waals surface area contributed by atoms with Crippen molar-refractivity contribution in [2.24, 2.45) is 5.92 Å². The number of carbonyl (C=O) groups is 1. The van der Waals surface area contributed by atoms with Crippen LogP contribution in [-0.2, 0) is 4.79 Å². The summed E-state index contributed by atoms with van der Waals surface area (Å²) in [5.41, 5.74) is 1.23. The van der Waals surface area contributed by atoms with Crippen molar-refractivity contribution in [2.75, 3.05) is 0 Å². The summed E-state index contributed by atoms with van der Waals surface area (Å²) < 4.78 is 0. The van der Waals surface area contributed by atoms with Gasteiger partial charge in [-0.3, -0.25) is 4.79 Å². The number of carbonyl (C=O) groups excluding carboxylic acids is 1. The predicted molar refractivity (Wildman–Crippen MR) is 47.2 cm³/mol. The quantitative estimate of drug-likeness (QED) is 0.573. The molecule has 2 heteroatoms. The largest absolute Gasteiger partial charge is 0.333 e. The highest BCUT2D eigenvalue weighted by Gasteiger charge is 2.17. The van der Waals surface area contributed by atoms with Crippen LogP contribution in [-0.4, -0.2) is 5.91 Å². The Kier molecular flexibility index (Phi) is 1.82. The summed E-state index contributed by atoms with van der Waals surface area (Å²) in [7, 11) is 0. The molecule has 0 radical (unpaired) electrons. The molecule has 0 saturated heterocycles. The van der Waals surface area contributed by atoms with Crippen molar-refractivity contribution in [3.63, 3.8) is 0 Å². The highest BCUT2D eigenvalue weighted by Crippen LogP contribution is 2.25. The van der Waals surface area contributed by atoms with Crippen molar-refractivity contribution in [2.45, 2.75) is 12.8 Å². The minimum atomic E-state index is 0.0929. The first-order valence-corrected chi connectivity index (χ1v) is 4.18. The van der Waals surface area contributed by atoms with Gasteiger partial charge < -0.3 is 5.32 Å². The molecule has 1 unspecified atom stereocenters. The Labute approximate surface area is 71.7 Å². The van der Waals surface area contributed by atoms with Gasteiger partial charge >= 0.3 is 0 Å². The third-order valence-electron chi connectivity index (χ3n) is 2.25. The molecular formula is C10H11NO. The van der Waals surface area contributed by atoms with Crippen LogP contribution in [0.5, 0.6) is 0 Å². The average Bonchev–Trinajstić information content (AvgIpc) is 2.25. The molecule has 0 fully saturated rings. The van der Waals surface area contributed by atoms with Gasteiger partial charge in [0, 0.05) is 18.5 Å². The van der Waals surface area contributed by atoms with E-state index >= 15 is 0 Å². The van der Waals surface area contributed by atoms with Crippen molar-refractivity contribution in [3.8, 4) is 0 Å². The standard InChI is InChI=1S/C10H11NO/c12-10-7-9-4-2-1-3-8(9)5-6-11-10/h1-2,4-6,8H,3,7H2,(H,11,12). The first-order valence-electron chi connectivity index (χ1n) is 4.18. The minimum absolute atomic E-state index is 0.0929. The second-order valence-corrected chi connectivity index (χ2v) is 3.12. The molecule has 1 amide bonds. The molecule has 2 rings (SSSR count). The molecule has 1 heterocycles. The molecule has 62 valence electrons. The Bertz CT molecular complexity index is 286. The van der Waals surface area contributed by atoms with Crippen LogP contribution in [0, 0.1) is 5.92 Å². The summed E-state index contributed by atoms with van der Waals surface area (Å²) in [5, 5.41) is 2.71. The van der Waals surface area contributed by atoms with Crippen LogP contribution >= 0.6 is 0 Å². The molecule has 2 aliphatic rings. The SMILES string of the molecule is O=C1CC2=CC=CCC2C=CN1. The van der Waals surface area contributed by atoms with Crippen molar-refractivity contribution < 1.29 is 4.79 Å². The van der Waals surface area contributed by atoms with E-state index in [1.54, 1.807) is 6.20 Å². The Morgan fingerprint density at radius 3 is 3.33 bits per heavy atom. The van der Waals surface area contributed by atoms with E-state index in [-0.39, 0.29) is 5.91 Å². The minimum Gasteiger partial charge on any atom is -0.333 e. The summed E-state index contributed by atoms with van der Waals surface area (Å²) in [6, 6.07) is 0. The lowest BCUT2D eigenvalue weighted by molar-refractivity contribution is -0.119. The van der Waals surface area contributed by atoms with Crippen LogP contribution in [0.3, 0.4) is 0 Å². The highest BCUT2D eigenvalue weighted by molar-refractivity contribution is 5.80. The van der Waals surface area contributed by atoms with E-state index in [0.29, 0.717) is 12.3 Å². The van der Waals surface area contributed by atoms with Gasteiger partial charge in [-0.2, -0.15) is 0 Å². The lowest BCUT2D eigenvalue weighted by atomic mass is 9.90. The number of fused-ring (bicyclic) bond motifs is 1. The van der Waals surface area contributed by atoms with Gasteiger partial charge in [0.1, 0.15) is 0 Å². The molecule has 1 N–H and O–H groups in total.